The van der Waals surface area contributed by atoms with Crippen LogP contribution in [-0.2, 0) is 4.74 Å². The lowest BCUT2D eigenvalue weighted by molar-refractivity contribution is 0.0452. The van der Waals surface area contributed by atoms with Crippen LogP contribution in [-0.4, -0.2) is 40.0 Å². The molecule has 1 aliphatic heterocycles. The summed E-state index contributed by atoms with van der Waals surface area (Å²) in [6.07, 6.45) is -1.03. The van der Waals surface area contributed by atoms with Crippen LogP contribution < -0.4 is 4.74 Å². The number of ether oxygens (including phenoxy) is 2. The zero-order valence-electron chi connectivity index (χ0n) is 16.0. The lowest BCUT2D eigenvalue weighted by Gasteiger charge is -2.24. The quantitative estimate of drug-likeness (QED) is 0.424. The summed E-state index contributed by atoms with van der Waals surface area (Å²) in [7, 11) is 1.21. The summed E-state index contributed by atoms with van der Waals surface area (Å²) in [6, 6.07) is 10.5. The van der Waals surface area contributed by atoms with Crippen molar-refractivity contribution in [1.82, 2.24) is 0 Å². The zero-order chi connectivity index (χ0) is 22.0. The summed E-state index contributed by atoms with van der Waals surface area (Å²) in [6.45, 7) is 0. The van der Waals surface area contributed by atoms with Gasteiger partial charge in [-0.25, -0.2) is 4.79 Å². The van der Waals surface area contributed by atoms with Crippen LogP contribution in [0.3, 0.4) is 0 Å². The summed E-state index contributed by atoms with van der Waals surface area (Å²) in [5.74, 6) is -4.25. The largest absolute Gasteiger partial charge is 0.507 e. The lowest BCUT2D eigenvalue weighted by Crippen LogP contribution is -2.24. The van der Waals surface area contributed by atoms with Gasteiger partial charge in [-0.15, -0.1) is 0 Å². The molecule has 2 aliphatic rings. The van der Waals surface area contributed by atoms with Gasteiger partial charge in [-0.2, -0.15) is 0 Å². The maximum atomic E-state index is 13.6. The number of hydrogen-bond acceptors (Lipinski definition) is 8. The first-order valence-electron chi connectivity index (χ1n) is 9.23. The van der Waals surface area contributed by atoms with Gasteiger partial charge in [0.15, 0.2) is 29.2 Å². The van der Waals surface area contributed by atoms with Crippen molar-refractivity contribution >= 4 is 17.5 Å². The Bertz CT molecular complexity index is 1320. The number of phenolic OH excluding ortho intramolecular Hbond substituents is 3. The molecule has 3 N–H and O–H groups in total. The van der Waals surface area contributed by atoms with Crippen LogP contribution in [0.4, 0.5) is 0 Å². The second-order valence-electron chi connectivity index (χ2n) is 7.16. The van der Waals surface area contributed by atoms with Gasteiger partial charge < -0.3 is 24.8 Å². The van der Waals surface area contributed by atoms with E-state index in [1.165, 1.54) is 7.11 Å². The summed E-state index contributed by atoms with van der Waals surface area (Å²) in [5.41, 5.74) is -0.617. The van der Waals surface area contributed by atoms with Crippen molar-refractivity contribution in [2.45, 2.75) is 6.10 Å². The number of carbonyl (C=O) groups excluding carboxylic acids is 3. The van der Waals surface area contributed by atoms with E-state index in [9.17, 15) is 29.7 Å². The van der Waals surface area contributed by atoms with E-state index in [4.69, 9.17) is 9.47 Å². The second-order valence-corrected chi connectivity index (χ2v) is 7.16. The zero-order valence-corrected chi connectivity index (χ0v) is 16.0. The van der Waals surface area contributed by atoms with Gasteiger partial charge in [-0.1, -0.05) is 30.3 Å². The molecule has 0 amide bonds. The summed E-state index contributed by atoms with van der Waals surface area (Å²) in [5, 5.41) is 30.9. The topological polar surface area (TPSA) is 130 Å². The van der Waals surface area contributed by atoms with Crippen LogP contribution >= 0.6 is 0 Å². The molecule has 1 atom stereocenters. The highest BCUT2D eigenvalue weighted by Gasteiger charge is 2.45. The van der Waals surface area contributed by atoms with Gasteiger partial charge in [0, 0.05) is 22.8 Å². The number of carbonyl (C=O) groups is 3. The fourth-order valence-electron chi connectivity index (χ4n) is 4.23. The minimum Gasteiger partial charge on any atom is -0.507 e. The average molecular weight is 418 g/mol. The highest BCUT2D eigenvalue weighted by atomic mass is 16.5. The van der Waals surface area contributed by atoms with Gasteiger partial charge in [0.2, 0.25) is 0 Å². The summed E-state index contributed by atoms with van der Waals surface area (Å²) < 4.78 is 10.6. The standard InChI is InChI=1S/C23H14O8/c1-30-22-13(26)8-12(25)15-18(22)20(28)14-10(19(15)27)7-11(24)16-17(14)21(31-23(16)29)9-5-3-2-4-6-9/h2-8,21,24-26H,1H3/t21-/m1/s1. The number of fused-ring (bicyclic) bond motifs is 4. The van der Waals surface area contributed by atoms with Crippen LogP contribution in [0.2, 0.25) is 0 Å². The molecule has 0 unspecified atom stereocenters. The van der Waals surface area contributed by atoms with Crippen molar-refractivity contribution in [3.8, 4) is 23.0 Å². The number of esters is 1. The SMILES string of the molecule is COc1c(O)cc(O)c2c1C(=O)c1c(cc(O)c3c1[C@@H](c1ccccc1)OC3=O)C2=O. The van der Waals surface area contributed by atoms with Crippen molar-refractivity contribution in [2.75, 3.05) is 7.11 Å². The average Bonchev–Trinajstić information content (AvgIpc) is 3.10. The number of hydrogen-bond donors (Lipinski definition) is 3. The van der Waals surface area contributed by atoms with Crippen molar-refractivity contribution in [3.05, 3.63) is 81.4 Å². The van der Waals surface area contributed by atoms with Crippen molar-refractivity contribution in [2.24, 2.45) is 0 Å². The highest BCUT2D eigenvalue weighted by molar-refractivity contribution is 6.32. The Morgan fingerprint density at radius 3 is 2.16 bits per heavy atom. The number of methoxy groups -OCH3 is 1. The van der Waals surface area contributed by atoms with Gasteiger partial charge in [-0.05, 0) is 11.6 Å². The van der Waals surface area contributed by atoms with Gasteiger partial charge in [-0.3, -0.25) is 9.59 Å². The Hall–Kier alpha value is -4.33. The molecule has 0 saturated carbocycles. The first kappa shape index (κ1) is 18.7. The Morgan fingerprint density at radius 2 is 1.48 bits per heavy atom. The first-order valence-corrected chi connectivity index (χ1v) is 9.23. The number of benzene rings is 3. The summed E-state index contributed by atoms with van der Waals surface area (Å²) in [4.78, 5) is 39.4. The third-order valence-electron chi connectivity index (χ3n) is 5.51. The molecule has 0 bridgehead atoms. The van der Waals surface area contributed by atoms with Gasteiger partial charge in [0.05, 0.1) is 18.2 Å². The van der Waals surface area contributed by atoms with Crippen LogP contribution in [0.5, 0.6) is 23.0 Å². The summed E-state index contributed by atoms with van der Waals surface area (Å²) >= 11 is 0. The second kappa shape index (κ2) is 6.33. The molecule has 0 spiro atoms. The molecule has 0 saturated heterocycles. The molecule has 0 fully saturated rings. The molecule has 8 heteroatoms. The molecule has 3 aromatic rings. The minimum absolute atomic E-state index is 0.0556. The maximum Gasteiger partial charge on any atom is 0.343 e. The predicted molar refractivity (Wildman–Crippen MR) is 105 cm³/mol. The molecule has 1 heterocycles. The monoisotopic (exact) mass is 418 g/mol. The van der Waals surface area contributed by atoms with E-state index >= 15 is 0 Å². The Kier molecular flexibility index (Phi) is 3.82. The predicted octanol–water partition coefficient (Wildman–Crippen LogP) is 2.85. The Balaban J connectivity index is 1.86. The molecular formula is C23H14O8. The van der Waals surface area contributed by atoms with E-state index in [0.29, 0.717) is 5.56 Å². The third-order valence-corrected chi connectivity index (χ3v) is 5.51. The van der Waals surface area contributed by atoms with E-state index in [0.717, 1.165) is 12.1 Å². The minimum atomic E-state index is -1.03. The highest BCUT2D eigenvalue weighted by Crippen LogP contribution is 2.49. The fraction of sp³-hybridized carbons (Fsp3) is 0.0870. The van der Waals surface area contributed by atoms with Crippen LogP contribution in [0.15, 0.2) is 42.5 Å². The molecule has 31 heavy (non-hydrogen) atoms. The number of rotatable bonds is 2. The van der Waals surface area contributed by atoms with Crippen molar-refractivity contribution in [1.29, 1.82) is 0 Å². The van der Waals surface area contributed by atoms with Crippen LogP contribution in [0, 0.1) is 0 Å². The molecule has 5 rings (SSSR count). The van der Waals surface area contributed by atoms with Gasteiger partial charge >= 0.3 is 5.97 Å². The number of aromatic hydroxyl groups is 3. The molecule has 8 nitrogen and oxygen atoms in total. The molecule has 0 radical (unpaired) electrons. The van der Waals surface area contributed by atoms with Crippen LogP contribution in [0.25, 0.3) is 0 Å². The normalized spacial score (nSPS) is 16.4. The lowest BCUT2D eigenvalue weighted by atomic mass is 9.78. The van der Waals surface area contributed by atoms with E-state index in [-0.39, 0.29) is 39.1 Å². The van der Waals surface area contributed by atoms with Crippen molar-refractivity contribution < 1.29 is 39.2 Å². The molecule has 0 aromatic heterocycles. The van der Waals surface area contributed by atoms with Gasteiger partial charge in [0.25, 0.3) is 0 Å². The molecule has 3 aromatic carbocycles. The number of phenols is 3. The Labute approximate surface area is 174 Å². The number of ketones is 2. The van der Waals surface area contributed by atoms with Crippen LogP contribution in [0.1, 0.15) is 59.4 Å². The van der Waals surface area contributed by atoms with E-state index < -0.39 is 40.9 Å². The maximum absolute atomic E-state index is 13.6. The number of cyclic esters (lactones) is 1. The molecule has 1 aliphatic carbocycles. The van der Waals surface area contributed by atoms with E-state index in [2.05, 4.69) is 0 Å². The fourth-order valence-corrected chi connectivity index (χ4v) is 4.23. The van der Waals surface area contributed by atoms with E-state index in [1.54, 1.807) is 30.3 Å². The third kappa shape index (κ3) is 2.38. The molecular weight excluding hydrogens is 404 g/mol. The van der Waals surface area contributed by atoms with Gasteiger partial charge in [0.1, 0.15) is 17.1 Å². The molecule has 154 valence electrons. The first-order chi connectivity index (χ1) is 14.8. The Morgan fingerprint density at radius 1 is 0.806 bits per heavy atom. The van der Waals surface area contributed by atoms with E-state index in [1.807, 2.05) is 0 Å². The van der Waals surface area contributed by atoms with Crippen molar-refractivity contribution in [3.63, 3.8) is 0 Å². The smallest absolute Gasteiger partial charge is 0.343 e.